The molecule has 0 amide bonds. The predicted molar refractivity (Wildman–Crippen MR) is 55.1 cm³/mol. The van der Waals surface area contributed by atoms with Gasteiger partial charge in [-0.05, 0) is 12.2 Å². The number of carbonyl (C=O) groups is 1. The number of nitrogens with one attached hydrogen (secondary N) is 1. The Morgan fingerprint density at radius 2 is 2.43 bits per heavy atom. The van der Waals surface area contributed by atoms with Gasteiger partial charge in [0.05, 0.1) is 6.04 Å². The molecule has 2 fully saturated rings. The lowest BCUT2D eigenvalue weighted by molar-refractivity contribution is -0.141. The van der Waals surface area contributed by atoms with Crippen molar-refractivity contribution in [3.8, 4) is 0 Å². The molecule has 14 heavy (non-hydrogen) atoms. The van der Waals surface area contributed by atoms with E-state index in [4.69, 9.17) is 17.3 Å². The molecule has 2 aliphatic rings. The molecule has 2 N–H and O–H groups in total. The van der Waals surface area contributed by atoms with Crippen LogP contribution < -0.4 is 5.32 Å². The van der Waals surface area contributed by atoms with E-state index in [0.29, 0.717) is 13.1 Å². The normalized spacial score (nSPS) is 31.9. The molecule has 2 heterocycles. The smallest absolute Gasteiger partial charge is 0.322 e. The molecule has 2 unspecified atom stereocenters. The van der Waals surface area contributed by atoms with Crippen LogP contribution >= 0.6 is 12.2 Å². The molecule has 0 aliphatic carbocycles. The lowest BCUT2D eigenvalue weighted by Gasteiger charge is -2.34. The number of fused-ring (bicyclic) bond motifs is 1. The Hall–Kier alpha value is -0.880. The lowest BCUT2D eigenvalue weighted by atomic mass is 10.1. The number of carboxylic acid groups (broad SMARTS) is 1. The highest BCUT2D eigenvalue weighted by Gasteiger charge is 2.42. The summed E-state index contributed by atoms with van der Waals surface area (Å²) < 4.78 is 0. The summed E-state index contributed by atoms with van der Waals surface area (Å²) in [7, 11) is 1.90. The maximum Gasteiger partial charge on any atom is 0.322 e. The summed E-state index contributed by atoms with van der Waals surface area (Å²) in [6.45, 7) is 2.18. The monoisotopic (exact) mass is 215 g/mol. The van der Waals surface area contributed by atoms with E-state index < -0.39 is 12.0 Å². The Bertz CT molecular complexity index is 278. The van der Waals surface area contributed by atoms with Crippen molar-refractivity contribution in [2.75, 3.05) is 26.7 Å². The van der Waals surface area contributed by atoms with Gasteiger partial charge in [-0.1, -0.05) is 0 Å². The van der Waals surface area contributed by atoms with Gasteiger partial charge in [0.15, 0.2) is 5.11 Å². The van der Waals surface area contributed by atoms with Gasteiger partial charge in [-0.15, -0.1) is 0 Å². The largest absolute Gasteiger partial charge is 0.480 e. The van der Waals surface area contributed by atoms with Crippen molar-refractivity contribution in [1.29, 1.82) is 0 Å². The molecule has 2 atom stereocenters. The fourth-order valence-electron chi connectivity index (χ4n) is 2.09. The molecule has 2 rings (SSSR count). The Morgan fingerprint density at radius 1 is 1.71 bits per heavy atom. The van der Waals surface area contributed by atoms with Crippen LogP contribution in [0.1, 0.15) is 0 Å². The van der Waals surface area contributed by atoms with E-state index in [1.807, 2.05) is 16.8 Å². The maximum absolute atomic E-state index is 11.0. The van der Waals surface area contributed by atoms with Gasteiger partial charge >= 0.3 is 5.97 Å². The predicted octanol–water partition coefficient (Wildman–Crippen LogP) is -1.06. The molecule has 0 aromatic rings. The van der Waals surface area contributed by atoms with Crippen LogP contribution in [-0.2, 0) is 4.79 Å². The molecule has 0 bridgehead atoms. The fraction of sp³-hybridized carbons (Fsp3) is 0.750. The lowest BCUT2D eigenvalue weighted by Crippen LogP contribution is -2.60. The van der Waals surface area contributed by atoms with Gasteiger partial charge in [0.25, 0.3) is 0 Å². The van der Waals surface area contributed by atoms with Crippen LogP contribution in [0.5, 0.6) is 0 Å². The van der Waals surface area contributed by atoms with Gasteiger partial charge in [-0.2, -0.15) is 0 Å². The van der Waals surface area contributed by atoms with E-state index in [-0.39, 0.29) is 6.04 Å². The van der Waals surface area contributed by atoms with E-state index in [1.54, 1.807) is 0 Å². The third-order valence-electron chi connectivity index (χ3n) is 2.80. The van der Waals surface area contributed by atoms with Crippen molar-refractivity contribution in [3.05, 3.63) is 0 Å². The van der Waals surface area contributed by atoms with Gasteiger partial charge < -0.3 is 20.2 Å². The van der Waals surface area contributed by atoms with Gasteiger partial charge in [-0.25, -0.2) is 0 Å². The van der Waals surface area contributed by atoms with E-state index >= 15 is 0 Å². The third-order valence-corrected chi connectivity index (χ3v) is 3.35. The Morgan fingerprint density at radius 3 is 3.07 bits per heavy atom. The number of aliphatic carboxylic acids is 1. The number of rotatable bonds is 1. The first-order valence-corrected chi connectivity index (χ1v) is 5.00. The molecule has 5 nitrogen and oxygen atoms in total. The summed E-state index contributed by atoms with van der Waals surface area (Å²) in [4.78, 5) is 14.9. The van der Waals surface area contributed by atoms with E-state index in [1.165, 1.54) is 0 Å². The van der Waals surface area contributed by atoms with Crippen molar-refractivity contribution in [2.24, 2.45) is 0 Å². The minimum absolute atomic E-state index is 0.0150. The zero-order chi connectivity index (χ0) is 10.3. The van der Waals surface area contributed by atoms with Crippen molar-refractivity contribution in [3.63, 3.8) is 0 Å². The van der Waals surface area contributed by atoms with Gasteiger partial charge in [0, 0.05) is 26.7 Å². The van der Waals surface area contributed by atoms with Crippen LogP contribution in [0.25, 0.3) is 0 Å². The van der Waals surface area contributed by atoms with Crippen molar-refractivity contribution >= 4 is 23.3 Å². The van der Waals surface area contributed by atoms with Gasteiger partial charge in [0.1, 0.15) is 6.04 Å². The minimum Gasteiger partial charge on any atom is -0.480 e. The van der Waals surface area contributed by atoms with Crippen LogP contribution in [0.4, 0.5) is 0 Å². The second kappa shape index (κ2) is 3.36. The Labute approximate surface area is 87.7 Å². The van der Waals surface area contributed by atoms with E-state index in [9.17, 15) is 4.79 Å². The summed E-state index contributed by atoms with van der Waals surface area (Å²) in [6, 6.07) is -0.509. The first-order chi connectivity index (χ1) is 6.61. The Kier molecular flexibility index (Phi) is 2.32. The summed E-state index contributed by atoms with van der Waals surface area (Å²) in [5.74, 6) is -0.794. The highest BCUT2D eigenvalue weighted by molar-refractivity contribution is 7.80. The minimum atomic E-state index is -0.794. The van der Waals surface area contributed by atoms with Crippen LogP contribution in [0.3, 0.4) is 0 Å². The third kappa shape index (κ3) is 1.34. The number of likely N-dealkylation sites (N-methyl/N-ethyl adjacent to an activating group) is 1. The maximum atomic E-state index is 11.0. The first-order valence-electron chi connectivity index (χ1n) is 4.59. The topological polar surface area (TPSA) is 55.8 Å². The number of nitrogens with zero attached hydrogens (tertiary/aromatic N) is 2. The average Bonchev–Trinajstić information content (AvgIpc) is 2.43. The highest BCUT2D eigenvalue weighted by Crippen LogP contribution is 2.20. The molecule has 78 valence electrons. The fourth-order valence-corrected chi connectivity index (χ4v) is 2.39. The molecule has 2 saturated heterocycles. The Balaban J connectivity index is 2.19. The quantitative estimate of drug-likeness (QED) is 0.544. The summed E-state index contributed by atoms with van der Waals surface area (Å²) in [5.41, 5.74) is 0. The molecule has 2 aliphatic heterocycles. The number of hydrogen-bond acceptors (Lipinski definition) is 3. The van der Waals surface area contributed by atoms with Crippen LogP contribution in [0, 0.1) is 0 Å². The van der Waals surface area contributed by atoms with Crippen LogP contribution in [0.2, 0.25) is 0 Å². The molecule has 0 spiro atoms. The molecule has 6 heteroatoms. The summed E-state index contributed by atoms with van der Waals surface area (Å²) in [6.07, 6.45) is 0. The number of carboxylic acids is 1. The first kappa shape index (κ1) is 9.67. The molecule has 0 radical (unpaired) electrons. The van der Waals surface area contributed by atoms with Crippen molar-refractivity contribution < 1.29 is 9.90 Å². The SMILES string of the molecule is CN1CC2C(C(=O)O)NCCN2C1=S. The van der Waals surface area contributed by atoms with Crippen molar-refractivity contribution in [1.82, 2.24) is 15.1 Å². The van der Waals surface area contributed by atoms with E-state index in [0.717, 1.165) is 11.7 Å². The van der Waals surface area contributed by atoms with Crippen LogP contribution in [0.15, 0.2) is 0 Å². The van der Waals surface area contributed by atoms with Crippen molar-refractivity contribution in [2.45, 2.75) is 12.1 Å². The molecular formula is C8H13N3O2S. The summed E-state index contributed by atoms with van der Waals surface area (Å²) >= 11 is 5.21. The zero-order valence-corrected chi connectivity index (χ0v) is 8.75. The molecule has 0 saturated carbocycles. The number of thiocarbonyl (C=S) groups is 1. The molecule has 0 aromatic carbocycles. The average molecular weight is 215 g/mol. The van der Waals surface area contributed by atoms with Crippen LogP contribution in [-0.4, -0.2) is 64.8 Å². The standard InChI is InChI=1S/C8H13N3O2S/c1-10-4-5-6(7(12)13)9-2-3-11(5)8(10)14/h5-6,9H,2-4H2,1H3,(H,12,13). The van der Waals surface area contributed by atoms with Gasteiger partial charge in [0.2, 0.25) is 0 Å². The highest BCUT2D eigenvalue weighted by atomic mass is 32.1. The molecule has 0 aromatic heterocycles. The number of piperazine rings is 1. The summed E-state index contributed by atoms with van der Waals surface area (Å²) in [5, 5.41) is 12.8. The zero-order valence-electron chi connectivity index (χ0n) is 7.93. The second-order valence-corrected chi connectivity index (χ2v) is 4.06. The number of hydrogen-bond donors (Lipinski definition) is 2. The molecular weight excluding hydrogens is 202 g/mol. The second-order valence-electron chi connectivity index (χ2n) is 3.69. The van der Waals surface area contributed by atoms with E-state index in [2.05, 4.69) is 5.32 Å². The van der Waals surface area contributed by atoms with Gasteiger partial charge in [-0.3, -0.25) is 4.79 Å².